The number of hydrogen-bond acceptors (Lipinski definition) is 4. The minimum atomic E-state index is -4.63. The van der Waals surface area contributed by atoms with Gasteiger partial charge in [-0.2, -0.15) is 13.2 Å². The molecule has 1 aromatic carbocycles. The van der Waals surface area contributed by atoms with Crippen LogP contribution in [-0.4, -0.2) is 24.6 Å². The SMILES string of the molecule is CCNCCNc1ccc([N+](=O)[O-])cc1C(F)(F)F. The summed E-state index contributed by atoms with van der Waals surface area (Å²) in [6, 6.07) is 2.66. The number of nitrogens with zero attached hydrogens (tertiary/aromatic N) is 1. The molecule has 0 unspecified atom stereocenters. The van der Waals surface area contributed by atoms with Gasteiger partial charge in [0.05, 0.1) is 10.5 Å². The van der Waals surface area contributed by atoms with E-state index < -0.39 is 22.4 Å². The fraction of sp³-hybridized carbons (Fsp3) is 0.455. The highest BCUT2D eigenvalue weighted by molar-refractivity contribution is 5.57. The van der Waals surface area contributed by atoms with Gasteiger partial charge >= 0.3 is 6.18 Å². The van der Waals surface area contributed by atoms with Gasteiger partial charge in [0, 0.05) is 30.9 Å². The van der Waals surface area contributed by atoms with Crippen LogP contribution in [0.1, 0.15) is 12.5 Å². The summed E-state index contributed by atoms with van der Waals surface area (Å²) in [4.78, 5) is 9.65. The lowest BCUT2D eigenvalue weighted by Crippen LogP contribution is -2.22. The molecule has 0 amide bonds. The molecule has 0 radical (unpaired) electrons. The summed E-state index contributed by atoms with van der Waals surface area (Å²) in [6.45, 7) is 3.40. The second-order valence-corrected chi connectivity index (χ2v) is 3.77. The first-order valence-electron chi connectivity index (χ1n) is 5.66. The van der Waals surface area contributed by atoms with E-state index >= 15 is 0 Å². The third-order valence-corrected chi connectivity index (χ3v) is 2.39. The molecular formula is C11H14F3N3O2. The van der Waals surface area contributed by atoms with E-state index in [0.717, 1.165) is 12.1 Å². The van der Waals surface area contributed by atoms with Crippen LogP contribution in [-0.2, 0) is 6.18 Å². The van der Waals surface area contributed by atoms with Crippen LogP contribution < -0.4 is 10.6 Å². The van der Waals surface area contributed by atoms with E-state index in [1.165, 1.54) is 0 Å². The number of hydrogen-bond donors (Lipinski definition) is 2. The number of nitro benzene ring substituents is 1. The fourth-order valence-electron chi connectivity index (χ4n) is 1.50. The summed E-state index contributed by atoms with van der Waals surface area (Å²) < 4.78 is 38.4. The normalized spacial score (nSPS) is 11.4. The number of benzene rings is 1. The molecule has 8 heteroatoms. The van der Waals surface area contributed by atoms with Crippen molar-refractivity contribution in [3.63, 3.8) is 0 Å². The van der Waals surface area contributed by atoms with Crippen molar-refractivity contribution in [1.82, 2.24) is 5.32 Å². The molecule has 0 spiro atoms. The number of nitrogens with one attached hydrogen (secondary N) is 2. The second kappa shape index (κ2) is 6.37. The predicted molar refractivity (Wildman–Crippen MR) is 65.1 cm³/mol. The molecule has 0 fully saturated rings. The Balaban J connectivity index is 2.93. The Hall–Kier alpha value is -1.83. The number of rotatable bonds is 6. The molecule has 106 valence electrons. The topological polar surface area (TPSA) is 67.2 Å². The van der Waals surface area contributed by atoms with Crippen LogP contribution in [0.2, 0.25) is 0 Å². The predicted octanol–water partition coefficient (Wildman–Crippen LogP) is 2.64. The van der Waals surface area contributed by atoms with E-state index in [0.29, 0.717) is 25.7 Å². The van der Waals surface area contributed by atoms with Crippen LogP contribution in [0.25, 0.3) is 0 Å². The van der Waals surface area contributed by atoms with Crippen molar-refractivity contribution < 1.29 is 18.1 Å². The zero-order chi connectivity index (χ0) is 14.5. The molecule has 1 rings (SSSR count). The second-order valence-electron chi connectivity index (χ2n) is 3.77. The van der Waals surface area contributed by atoms with Crippen LogP contribution in [0.15, 0.2) is 18.2 Å². The molecule has 5 nitrogen and oxygen atoms in total. The zero-order valence-corrected chi connectivity index (χ0v) is 10.3. The molecule has 19 heavy (non-hydrogen) atoms. The standard InChI is InChI=1S/C11H14F3N3O2/c1-2-15-5-6-16-10-4-3-8(17(18)19)7-9(10)11(12,13)14/h3-4,7,15-16H,2,5-6H2,1H3. The Morgan fingerprint density at radius 2 is 2.00 bits per heavy atom. The van der Waals surface area contributed by atoms with Crippen LogP contribution in [0.3, 0.4) is 0 Å². The molecule has 0 saturated carbocycles. The summed E-state index contributed by atoms with van der Waals surface area (Å²) in [6.07, 6.45) is -4.63. The van der Waals surface area contributed by atoms with Crippen LogP contribution in [0.5, 0.6) is 0 Å². The van der Waals surface area contributed by atoms with Gasteiger partial charge in [0.1, 0.15) is 0 Å². The highest BCUT2D eigenvalue weighted by Crippen LogP contribution is 2.36. The summed E-state index contributed by atoms with van der Waals surface area (Å²) in [5.74, 6) is 0. The van der Waals surface area contributed by atoms with Gasteiger partial charge in [-0.15, -0.1) is 0 Å². The Bertz CT molecular complexity index is 449. The van der Waals surface area contributed by atoms with Crippen molar-refractivity contribution in [1.29, 1.82) is 0 Å². The van der Waals surface area contributed by atoms with Gasteiger partial charge in [0.25, 0.3) is 5.69 Å². The molecule has 0 aromatic heterocycles. The molecule has 0 atom stereocenters. The molecule has 0 aliphatic rings. The molecule has 1 aromatic rings. The minimum absolute atomic E-state index is 0.156. The molecule has 2 N–H and O–H groups in total. The van der Waals surface area contributed by atoms with Crippen LogP contribution in [0, 0.1) is 10.1 Å². The largest absolute Gasteiger partial charge is 0.418 e. The first-order chi connectivity index (χ1) is 8.86. The molecule has 0 heterocycles. The van der Waals surface area contributed by atoms with E-state index in [1.54, 1.807) is 0 Å². The third kappa shape index (κ3) is 4.40. The quantitative estimate of drug-likeness (QED) is 0.476. The summed E-state index contributed by atoms with van der Waals surface area (Å²) in [5.41, 5.74) is -1.77. The average molecular weight is 277 g/mol. The Kier molecular flexibility index (Phi) is 5.11. The minimum Gasteiger partial charge on any atom is -0.383 e. The summed E-state index contributed by atoms with van der Waals surface area (Å²) in [7, 11) is 0. The Morgan fingerprint density at radius 1 is 1.32 bits per heavy atom. The summed E-state index contributed by atoms with van der Waals surface area (Å²) in [5, 5.41) is 16.1. The van der Waals surface area contributed by atoms with Crippen molar-refractivity contribution in [3.05, 3.63) is 33.9 Å². The van der Waals surface area contributed by atoms with Gasteiger partial charge < -0.3 is 10.6 Å². The number of nitro groups is 1. The summed E-state index contributed by atoms with van der Waals surface area (Å²) >= 11 is 0. The van der Waals surface area contributed by atoms with Crippen LogP contribution in [0.4, 0.5) is 24.5 Å². The highest BCUT2D eigenvalue weighted by Gasteiger charge is 2.35. The van der Waals surface area contributed by atoms with Crippen LogP contribution >= 0.6 is 0 Å². The lowest BCUT2D eigenvalue weighted by molar-refractivity contribution is -0.385. The first kappa shape index (κ1) is 15.2. The lowest BCUT2D eigenvalue weighted by atomic mass is 10.1. The lowest BCUT2D eigenvalue weighted by Gasteiger charge is -2.14. The maximum absolute atomic E-state index is 12.8. The molecule has 0 aliphatic carbocycles. The Labute approximate surface area is 108 Å². The van der Waals surface area contributed by atoms with Gasteiger partial charge in [-0.1, -0.05) is 6.92 Å². The van der Waals surface area contributed by atoms with E-state index in [-0.39, 0.29) is 5.69 Å². The molecule has 0 bridgehead atoms. The number of non-ortho nitro benzene ring substituents is 1. The molecule has 0 saturated heterocycles. The van der Waals surface area contributed by atoms with Crippen molar-refractivity contribution in [2.24, 2.45) is 0 Å². The van der Waals surface area contributed by atoms with E-state index in [4.69, 9.17) is 0 Å². The van der Waals surface area contributed by atoms with Crippen molar-refractivity contribution in [2.45, 2.75) is 13.1 Å². The molecular weight excluding hydrogens is 263 g/mol. The number of halogens is 3. The molecule has 0 aliphatic heterocycles. The van der Waals surface area contributed by atoms with Gasteiger partial charge in [-0.05, 0) is 12.6 Å². The number of likely N-dealkylation sites (N-methyl/N-ethyl adjacent to an activating group) is 1. The van der Waals surface area contributed by atoms with Crippen molar-refractivity contribution in [2.75, 3.05) is 25.0 Å². The third-order valence-electron chi connectivity index (χ3n) is 2.39. The van der Waals surface area contributed by atoms with Gasteiger partial charge in [-0.3, -0.25) is 10.1 Å². The monoisotopic (exact) mass is 277 g/mol. The van der Waals surface area contributed by atoms with E-state index in [1.807, 2.05) is 6.92 Å². The van der Waals surface area contributed by atoms with Gasteiger partial charge in [0.15, 0.2) is 0 Å². The van der Waals surface area contributed by atoms with Gasteiger partial charge in [0.2, 0.25) is 0 Å². The number of alkyl halides is 3. The average Bonchev–Trinajstić information content (AvgIpc) is 2.33. The van der Waals surface area contributed by atoms with E-state index in [2.05, 4.69) is 10.6 Å². The van der Waals surface area contributed by atoms with E-state index in [9.17, 15) is 23.3 Å². The smallest absolute Gasteiger partial charge is 0.383 e. The van der Waals surface area contributed by atoms with Gasteiger partial charge in [-0.25, -0.2) is 0 Å². The maximum atomic E-state index is 12.8. The van der Waals surface area contributed by atoms with Crippen molar-refractivity contribution >= 4 is 11.4 Å². The van der Waals surface area contributed by atoms with Crippen molar-refractivity contribution in [3.8, 4) is 0 Å². The zero-order valence-electron chi connectivity index (χ0n) is 10.3. The first-order valence-corrected chi connectivity index (χ1v) is 5.66. The highest BCUT2D eigenvalue weighted by atomic mass is 19.4. The maximum Gasteiger partial charge on any atom is 0.418 e. The fourth-order valence-corrected chi connectivity index (χ4v) is 1.50. The Morgan fingerprint density at radius 3 is 2.53 bits per heavy atom. The number of anilines is 1.